The van der Waals surface area contributed by atoms with Gasteiger partial charge in [0.15, 0.2) is 5.78 Å². The largest absolute Gasteiger partial charge is 0.497 e. The number of nitrogens with one attached hydrogen (secondary N) is 1. The highest BCUT2D eigenvalue weighted by atomic mass is 16.5. The summed E-state index contributed by atoms with van der Waals surface area (Å²) in [4.78, 5) is 14.5. The van der Waals surface area contributed by atoms with Crippen LogP contribution in [0.3, 0.4) is 0 Å². The Balaban J connectivity index is 1.90. The molecule has 1 aliphatic rings. The number of piperidine rings is 1. The van der Waals surface area contributed by atoms with Crippen LogP contribution in [0.2, 0.25) is 0 Å². The van der Waals surface area contributed by atoms with Gasteiger partial charge in [0, 0.05) is 0 Å². The zero-order valence-corrected chi connectivity index (χ0v) is 16.8. The third-order valence-electron chi connectivity index (χ3n) is 4.98. The van der Waals surface area contributed by atoms with Crippen molar-refractivity contribution in [1.82, 2.24) is 0 Å². The van der Waals surface area contributed by atoms with Gasteiger partial charge in [0.1, 0.15) is 24.6 Å². The Morgan fingerprint density at radius 1 is 0.821 bits per heavy atom. The van der Waals surface area contributed by atoms with Crippen LogP contribution in [0.25, 0.3) is 12.2 Å². The molecule has 1 aliphatic heterocycles. The van der Waals surface area contributed by atoms with Crippen molar-refractivity contribution in [2.45, 2.75) is 13.3 Å². The maximum atomic E-state index is 13.1. The number of hydrogen-bond donors (Lipinski definition) is 1. The van der Waals surface area contributed by atoms with Crippen molar-refractivity contribution in [2.24, 2.45) is 0 Å². The van der Waals surface area contributed by atoms with Crippen molar-refractivity contribution >= 4 is 17.9 Å². The van der Waals surface area contributed by atoms with Crippen molar-refractivity contribution < 1.29 is 19.2 Å². The van der Waals surface area contributed by atoms with Crippen LogP contribution in [0.4, 0.5) is 0 Å². The molecule has 3 rings (SSSR count). The van der Waals surface area contributed by atoms with Gasteiger partial charge in [-0.15, -0.1) is 0 Å². The number of quaternary nitrogens is 1. The Bertz CT molecular complexity index is 794. The molecule has 0 amide bonds. The van der Waals surface area contributed by atoms with E-state index in [1.807, 2.05) is 60.7 Å². The van der Waals surface area contributed by atoms with Crippen LogP contribution >= 0.6 is 0 Å². The predicted molar refractivity (Wildman–Crippen MR) is 113 cm³/mol. The van der Waals surface area contributed by atoms with E-state index in [-0.39, 0.29) is 5.78 Å². The van der Waals surface area contributed by atoms with Gasteiger partial charge in [0.05, 0.1) is 31.9 Å². The smallest absolute Gasteiger partial charge is 0.196 e. The highest BCUT2D eigenvalue weighted by molar-refractivity contribution is 6.14. The zero-order valence-electron chi connectivity index (χ0n) is 16.8. The molecule has 0 unspecified atom stereocenters. The molecule has 0 radical (unpaired) electrons. The number of benzene rings is 2. The van der Waals surface area contributed by atoms with Crippen LogP contribution in [-0.4, -0.2) is 39.6 Å². The van der Waals surface area contributed by atoms with Gasteiger partial charge in [-0.3, -0.25) is 4.79 Å². The molecule has 2 aromatic carbocycles. The van der Waals surface area contributed by atoms with Crippen LogP contribution in [0.15, 0.2) is 59.7 Å². The summed E-state index contributed by atoms with van der Waals surface area (Å²) < 4.78 is 10.4. The molecule has 0 aliphatic carbocycles. The number of carbonyl (C=O) groups is 1. The molecule has 0 atom stereocenters. The lowest BCUT2D eigenvalue weighted by Gasteiger charge is -2.26. The lowest BCUT2D eigenvalue weighted by molar-refractivity contribution is -0.891. The van der Waals surface area contributed by atoms with Crippen molar-refractivity contribution in [3.05, 3.63) is 70.8 Å². The van der Waals surface area contributed by atoms with E-state index in [4.69, 9.17) is 9.47 Å². The lowest BCUT2D eigenvalue weighted by Crippen LogP contribution is -3.13. The maximum Gasteiger partial charge on any atom is 0.196 e. The van der Waals surface area contributed by atoms with E-state index in [2.05, 4.69) is 6.92 Å². The number of rotatable bonds is 6. The SMILES string of the molecule is CCC[NH+]1C/C(=C\c2ccc(OC)cc2)C(=O)/C(=C/c2ccc(OC)cc2)C1. The second-order valence-electron chi connectivity index (χ2n) is 7.07. The molecule has 1 fully saturated rings. The highest BCUT2D eigenvalue weighted by Crippen LogP contribution is 2.19. The normalized spacial score (nSPS) is 19.8. The first-order valence-corrected chi connectivity index (χ1v) is 9.70. The molecular formula is C24H28NO3+. The molecule has 1 saturated heterocycles. The Labute approximate surface area is 167 Å². The molecule has 0 spiro atoms. The standard InChI is InChI=1S/C24H27NO3/c1-4-13-25-16-20(14-18-5-9-22(27-2)10-6-18)24(26)21(17-25)15-19-7-11-23(28-3)12-8-19/h5-12,14-15H,4,13,16-17H2,1-3H3/p+1/b20-14+,21-15+. The van der Waals surface area contributed by atoms with Crippen LogP contribution in [0.5, 0.6) is 11.5 Å². The Hall–Kier alpha value is -2.85. The molecule has 28 heavy (non-hydrogen) atoms. The van der Waals surface area contributed by atoms with E-state index in [9.17, 15) is 4.79 Å². The van der Waals surface area contributed by atoms with Crippen molar-refractivity contribution in [3.63, 3.8) is 0 Å². The number of hydrogen-bond acceptors (Lipinski definition) is 3. The molecule has 0 aromatic heterocycles. The average molecular weight is 378 g/mol. The van der Waals surface area contributed by atoms with Gasteiger partial charge in [0.25, 0.3) is 0 Å². The van der Waals surface area contributed by atoms with Gasteiger partial charge in [0.2, 0.25) is 0 Å². The number of carbonyl (C=O) groups excluding carboxylic acids is 1. The summed E-state index contributed by atoms with van der Waals surface area (Å²) in [5.41, 5.74) is 3.76. The summed E-state index contributed by atoms with van der Waals surface area (Å²) in [5.74, 6) is 1.78. The van der Waals surface area contributed by atoms with Crippen molar-refractivity contribution in [2.75, 3.05) is 33.9 Å². The van der Waals surface area contributed by atoms with Crippen LogP contribution < -0.4 is 14.4 Å². The van der Waals surface area contributed by atoms with E-state index >= 15 is 0 Å². The predicted octanol–water partition coefficient (Wildman–Crippen LogP) is 3.05. The van der Waals surface area contributed by atoms with Gasteiger partial charge in [-0.05, 0) is 54.0 Å². The molecule has 0 saturated carbocycles. The number of ether oxygens (including phenoxy) is 2. The monoisotopic (exact) mass is 378 g/mol. The molecule has 4 nitrogen and oxygen atoms in total. The molecule has 1 heterocycles. The van der Waals surface area contributed by atoms with Crippen LogP contribution in [0.1, 0.15) is 24.5 Å². The summed E-state index contributed by atoms with van der Waals surface area (Å²) in [6.45, 7) is 4.76. The molecular weight excluding hydrogens is 350 g/mol. The van der Waals surface area contributed by atoms with Gasteiger partial charge >= 0.3 is 0 Å². The van der Waals surface area contributed by atoms with E-state index in [1.165, 1.54) is 4.90 Å². The van der Waals surface area contributed by atoms with Crippen LogP contribution in [-0.2, 0) is 4.79 Å². The van der Waals surface area contributed by atoms with Crippen LogP contribution in [0, 0.1) is 0 Å². The summed E-state index contributed by atoms with van der Waals surface area (Å²) >= 11 is 0. The van der Waals surface area contributed by atoms with Gasteiger partial charge in [-0.25, -0.2) is 0 Å². The second kappa shape index (κ2) is 9.38. The molecule has 1 N–H and O–H groups in total. The summed E-state index contributed by atoms with van der Waals surface area (Å²) in [6.07, 6.45) is 5.12. The van der Waals surface area contributed by atoms with Crippen molar-refractivity contribution in [3.8, 4) is 11.5 Å². The zero-order chi connectivity index (χ0) is 19.9. The molecule has 4 heteroatoms. The van der Waals surface area contributed by atoms with E-state index < -0.39 is 0 Å². The summed E-state index contributed by atoms with van der Waals surface area (Å²) in [7, 11) is 3.31. The topological polar surface area (TPSA) is 40.0 Å². The quantitative estimate of drug-likeness (QED) is 0.786. The molecule has 0 bridgehead atoms. The minimum atomic E-state index is 0.145. The second-order valence-corrected chi connectivity index (χ2v) is 7.07. The third-order valence-corrected chi connectivity index (χ3v) is 4.98. The highest BCUT2D eigenvalue weighted by Gasteiger charge is 2.28. The first kappa shape index (κ1) is 19.9. The Morgan fingerprint density at radius 3 is 1.61 bits per heavy atom. The van der Waals surface area contributed by atoms with Crippen molar-refractivity contribution in [1.29, 1.82) is 0 Å². The average Bonchev–Trinajstić information content (AvgIpc) is 2.72. The lowest BCUT2D eigenvalue weighted by atomic mass is 9.94. The molecule has 2 aromatic rings. The number of methoxy groups -OCH3 is 2. The first-order chi connectivity index (χ1) is 13.6. The number of likely N-dealkylation sites (tertiary alicyclic amines) is 1. The molecule has 146 valence electrons. The fourth-order valence-electron chi connectivity index (χ4n) is 3.53. The summed E-state index contributed by atoms with van der Waals surface area (Å²) in [5, 5.41) is 0. The van der Waals surface area contributed by atoms with Gasteiger partial charge in [-0.1, -0.05) is 31.2 Å². The first-order valence-electron chi connectivity index (χ1n) is 9.70. The summed E-state index contributed by atoms with van der Waals surface area (Å²) in [6, 6.07) is 15.6. The maximum absolute atomic E-state index is 13.1. The Kier molecular flexibility index (Phi) is 6.66. The number of ketones is 1. The Morgan fingerprint density at radius 2 is 1.25 bits per heavy atom. The minimum Gasteiger partial charge on any atom is -0.497 e. The van der Waals surface area contributed by atoms with E-state index in [0.29, 0.717) is 0 Å². The number of Topliss-reactive ketones (excluding diaryl/α,β-unsaturated/α-hetero) is 1. The van der Waals surface area contributed by atoms with E-state index in [0.717, 1.165) is 59.8 Å². The van der Waals surface area contributed by atoms with Gasteiger partial charge in [-0.2, -0.15) is 0 Å². The van der Waals surface area contributed by atoms with E-state index in [1.54, 1.807) is 14.2 Å². The fourth-order valence-corrected chi connectivity index (χ4v) is 3.53. The fraction of sp³-hybridized carbons (Fsp3) is 0.292. The third kappa shape index (κ3) is 4.90. The van der Waals surface area contributed by atoms with Gasteiger partial charge < -0.3 is 14.4 Å². The minimum absolute atomic E-state index is 0.145.